The number of nitrogen functional groups attached to an aromatic ring is 1. The SMILES string of the molecule is CC(C)(CCO)CNC(=O)c1sccc1N. The summed E-state index contributed by atoms with van der Waals surface area (Å²) in [6.45, 7) is 4.66. The largest absolute Gasteiger partial charge is 0.397 e. The van der Waals surface area contributed by atoms with Gasteiger partial charge in [-0.1, -0.05) is 13.8 Å². The summed E-state index contributed by atoms with van der Waals surface area (Å²) in [6, 6.07) is 1.72. The maximum atomic E-state index is 11.7. The van der Waals surface area contributed by atoms with Crippen LogP contribution in [0.4, 0.5) is 5.69 Å². The van der Waals surface area contributed by atoms with Gasteiger partial charge in [0.05, 0.1) is 5.69 Å². The molecule has 0 saturated carbocycles. The number of thiophene rings is 1. The van der Waals surface area contributed by atoms with Crippen LogP contribution >= 0.6 is 11.3 Å². The Morgan fingerprint density at radius 3 is 2.81 bits per heavy atom. The lowest BCUT2D eigenvalue weighted by Gasteiger charge is -2.23. The van der Waals surface area contributed by atoms with Crippen molar-refractivity contribution in [2.75, 3.05) is 18.9 Å². The number of nitrogens with one attached hydrogen (secondary N) is 1. The van der Waals surface area contributed by atoms with E-state index in [-0.39, 0.29) is 17.9 Å². The fraction of sp³-hybridized carbons (Fsp3) is 0.545. The maximum Gasteiger partial charge on any atom is 0.263 e. The highest BCUT2D eigenvalue weighted by Crippen LogP contribution is 2.21. The highest BCUT2D eigenvalue weighted by Gasteiger charge is 2.19. The smallest absolute Gasteiger partial charge is 0.263 e. The standard InChI is InChI=1S/C11H18N2O2S/c1-11(2,4-5-14)7-13-10(15)9-8(12)3-6-16-9/h3,6,14H,4-5,7,12H2,1-2H3,(H,13,15). The number of aliphatic hydroxyl groups excluding tert-OH is 1. The van der Waals surface area contributed by atoms with Gasteiger partial charge in [-0.15, -0.1) is 11.3 Å². The van der Waals surface area contributed by atoms with Crippen molar-refractivity contribution in [3.05, 3.63) is 16.3 Å². The molecule has 0 aliphatic heterocycles. The van der Waals surface area contributed by atoms with Crippen molar-refractivity contribution in [2.45, 2.75) is 20.3 Å². The molecule has 90 valence electrons. The fourth-order valence-electron chi connectivity index (χ4n) is 1.29. The molecule has 5 heteroatoms. The zero-order valence-corrected chi connectivity index (χ0v) is 10.4. The molecule has 0 aliphatic carbocycles. The number of hydrogen-bond acceptors (Lipinski definition) is 4. The summed E-state index contributed by atoms with van der Waals surface area (Å²) in [5.41, 5.74) is 6.06. The Balaban J connectivity index is 2.51. The lowest BCUT2D eigenvalue weighted by atomic mass is 9.90. The van der Waals surface area contributed by atoms with Gasteiger partial charge in [-0.2, -0.15) is 0 Å². The Morgan fingerprint density at radius 1 is 1.62 bits per heavy atom. The van der Waals surface area contributed by atoms with Crippen LogP contribution in [0.1, 0.15) is 29.9 Å². The molecule has 1 heterocycles. The Morgan fingerprint density at radius 2 is 2.31 bits per heavy atom. The molecule has 0 spiro atoms. The summed E-state index contributed by atoms with van der Waals surface area (Å²) in [4.78, 5) is 12.3. The molecule has 0 aliphatic rings. The topological polar surface area (TPSA) is 75.3 Å². The summed E-state index contributed by atoms with van der Waals surface area (Å²) in [7, 11) is 0. The van der Waals surface area contributed by atoms with Gasteiger partial charge < -0.3 is 16.2 Å². The molecule has 0 bridgehead atoms. The maximum absolute atomic E-state index is 11.7. The van der Waals surface area contributed by atoms with Crippen LogP contribution in [0, 0.1) is 5.41 Å². The Labute approximate surface area is 99.5 Å². The average Bonchev–Trinajstić information content (AvgIpc) is 2.61. The first-order chi connectivity index (χ1) is 7.46. The van der Waals surface area contributed by atoms with Crippen molar-refractivity contribution in [2.24, 2.45) is 5.41 Å². The lowest BCUT2D eigenvalue weighted by molar-refractivity contribution is 0.0933. The van der Waals surface area contributed by atoms with Gasteiger partial charge in [0, 0.05) is 13.2 Å². The van der Waals surface area contributed by atoms with Crippen LogP contribution < -0.4 is 11.1 Å². The molecule has 4 nitrogen and oxygen atoms in total. The molecule has 1 amide bonds. The Hall–Kier alpha value is -1.07. The highest BCUT2D eigenvalue weighted by atomic mass is 32.1. The van der Waals surface area contributed by atoms with E-state index >= 15 is 0 Å². The highest BCUT2D eigenvalue weighted by molar-refractivity contribution is 7.12. The molecule has 0 fully saturated rings. The predicted molar refractivity (Wildman–Crippen MR) is 66.5 cm³/mol. The minimum atomic E-state index is -0.140. The van der Waals surface area contributed by atoms with Crippen molar-refractivity contribution in [1.82, 2.24) is 5.32 Å². The van der Waals surface area contributed by atoms with Crippen LogP contribution in [-0.2, 0) is 0 Å². The molecule has 4 N–H and O–H groups in total. The molecular weight excluding hydrogens is 224 g/mol. The van der Waals surface area contributed by atoms with Crippen molar-refractivity contribution >= 4 is 22.9 Å². The first-order valence-electron chi connectivity index (χ1n) is 5.18. The van der Waals surface area contributed by atoms with E-state index in [0.29, 0.717) is 23.5 Å². The van der Waals surface area contributed by atoms with E-state index in [2.05, 4.69) is 5.32 Å². The lowest BCUT2D eigenvalue weighted by Crippen LogP contribution is -2.34. The summed E-state index contributed by atoms with van der Waals surface area (Å²) < 4.78 is 0. The van der Waals surface area contributed by atoms with Gasteiger partial charge in [0.1, 0.15) is 4.88 Å². The molecule has 0 saturated heterocycles. The van der Waals surface area contributed by atoms with Crippen molar-refractivity contribution < 1.29 is 9.90 Å². The van der Waals surface area contributed by atoms with E-state index in [1.54, 1.807) is 11.4 Å². The van der Waals surface area contributed by atoms with Crippen LogP contribution in [0.3, 0.4) is 0 Å². The van der Waals surface area contributed by atoms with Crippen LogP contribution in [0.25, 0.3) is 0 Å². The second kappa shape index (κ2) is 5.32. The Bertz CT molecular complexity index is 361. The molecule has 16 heavy (non-hydrogen) atoms. The fourth-order valence-corrected chi connectivity index (χ4v) is 2.03. The zero-order valence-electron chi connectivity index (χ0n) is 9.62. The van der Waals surface area contributed by atoms with E-state index in [9.17, 15) is 4.79 Å². The van der Waals surface area contributed by atoms with E-state index in [1.807, 2.05) is 13.8 Å². The third kappa shape index (κ3) is 3.50. The van der Waals surface area contributed by atoms with E-state index in [0.717, 1.165) is 0 Å². The number of carbonyl (C=O) groups is 1. The van der Waals surface area contributed by atoms with Crippen LogP contribution in [0.2, 0.25) is 0 Å². The number of amides is 1. The van der Waals surface area contributed by atoms with Gasteiger partial charge in [0.2, 0.25) is 0 Å². The number of hydrogen-bond donors (Lipinski definition) is 3. The minimum absolute atomic E-state index is 0.101. The summed E-state index contributed by atoms with van der Waals surface area (Å²) in [5.74, 6) is -0.140. The molecule has 0 radical (unpaired) electrons. The molecule has 1 aromatic rings. The van der Waals surface area contributed by atoms with Crippen molar-refractivity contribution in [3.8, 4) is 0 Å². The van der Waals surface area contributed by atoms with Gasteiger partial charge in [0.25, 0.3) is 5.91 Å². The normalized spacial score (nSPS) is 11.4. The minimum Gasteiger partial charge on any atom is -0.397 e. The van der Waals surface area contributed by atoms with E-state index in [1.165, 1.54) is 11.3 Å². The van der Waals surface area contributed by atoms with Gasteiger partial charge in [-0.05, 0) is 23.3 Å². The van der Waals surface area contributed by atoms with Gasteiger partial charge in [-0.3, -0.25) is 4.79 Å². The average molecular weight is 242 g/mol. The summed E-state index contributed by atoms with van der Waals surface area (Å²) >= 11 is 1.34. The second-order valence-corrected chi connectivity index (χ2v) is 5.44. The third-order valence-corrected chi connectivity index (χ3v) is 3.35. The van der Waals surface area contributed by atoms with E-state index < -0.39 is 0 Å². The predicted octanol–water partition coefficient (Wildman–Crippen LogP) is 1.47. The number of anilines is 1. The first-order valence-corrected chi connectivity index (χ1v) is 6.06. The van der Waals surface area contributed by atoms with Crippen LogP contribution in [0.5, 0.6) is 0 Å². The van der Waals surface area contributed by atoms with Crippen molar-refractivity contribution in [1.29, 1.82) is 0 Å². The third-order valence-electron chi connectivity index (χ3n) is 2.42. The van der Waals surface area contributed by atoms with Crippen LogP contribution in [0.15, 0.2) is 11.4 Å². The summed E-state index contributed by atoms with van der Waals surface area (Å²) in [6.07, 6.45) is 0.660. The molecular formula is C11H18N2O2S. The van der Waals surface area contributed by atoms with Gasteiger partial charge in [0.15, 0.2) is 0 Å². The molecule has 0 unspecified atom stereocenters. The van der Waals surface area contributed by atoms with Gasteiger partial charge in [-0.25, -0.2) is 0 Å². The van der Waals surface area contributed by atoms with Crippen LogP contribution in [-0.4, -0.2) is 24.2 Å². The number of carbonyl (C=O) groups excluding carboxylic acids is 1. The zero-order chi connectivity index (χ0) is 12.2. The van der Waals surface area contributed by atoms with Gasteiger partial charge >= 0.3 is 0 Å². The molecule has 0 aromatic carbocycles. The molecule has 1 aromatic heterocycles. The Kier molecular flexibility index (Phi) is 4.32. The number of aliphatic hydroxyl groups is 1. The first kappa shape index (κ1) is 13.0. The molecule has 0 atom stereocenters. The quantitative estimate of drug-likeness (QED) is 0.732. The molecule has 1 rings (SSSR count). The van der Waals surface area contributed by atoms with E-state index in [4.69, 9.17) is 10.8 Å². The van der Waals surface area contributed by atoms with Crippen molar-refractivity contribution in [3.63, 3.8) is 0 Å². The number of nitrogens with two attached hydrogens (primary N) is 1. The summed E-state index contributed by atoms with van der Waals surface area (Å²) in [5, 5.41) is 13.5. The monoisotopic (exact) mass is 242 g/mol. The second-order valence-electron chi connectivity index (χ2n) is 4.53. The number of rotatable bonds is 5.